The summed E-state index contributed by atoms with van der Waals surface area (Å²) in [7, 11) is 0. The second-order valence-corrected chi connectivity index (χ2v) is 6.08. The van der Waals surface area contributed by atoms with Gasteiger partial charge in [-0.2, -0.15) is 0 Å². The van der Waals surface area contributed by atoms with E-state index >= 15 is 0 Å². The molecular weight excluding hydrogens is 304 g/mol. The SMILES string of the molecule is CCOCC(=O)NC1CCc2nnc(Cc3ccccc3)n2CC1. The van der Waals surface area contributed by atoms with Gasteiger partial charge in [-0.1, -0.05) is 30.3 Å². The molecule has 0 radical (unpaired) electrons. The van der Waals surface area contributed by atoms with Crippen molar-refractivity contribution in [2.24, 2.45) is 0 Å². The van der Waals surface area contributed by atoms with Crippen LogP contribution in [0.25, 0.3) is 0 Å². The van der Waals surface area contributed by atoms with Crippen molar-refractivity contribution in [1.82, 2.24) is 20.1 Å². The lowest BCUT2D eigenvalue weighted by atomic mass is 10.1. The molecule has 3 rings (SSSR count). The third-order valence-corrected chi connectivity index (χ3v) is 4.33. The minimum Gasteiger partial charge on any atom is -0.372 e. The molecule has 1 atom stereocenters. The molecule has 0 saturated carbocycles. The summed E-state index contributed by atoms with van der Waals surface area (Å²) < 4.78 is 7.37. The molecule has 2 aromatic rings. The lowest BCUT2D eigenvalue weighted by Crippen LogP contribution is -2.37. The van der Waals surface area contributed by atoms with E-state index < -0.39 is 0 Å². The van der Waals surface area contributed by atoms with Crippen molar-refractivity contribution >= 4 is 5.91 Å². The van der Waals surface area contributed by atoms with Crippen LogP contribution in [0.3, 0.4) is 0 Å². The van der Waals surface area contributed by atoms with Crippen molar-refractivity contribution in [3.63, 3.8) is 0 Å². The number of ether oxygens (including phenoxy) is 1. The number of hydrogen-bond donors (Lipinski definition) is 1. The molecule has 1 aliphatic heterocycles. The number of carbonyl (C=O) groups is 1. The number of nitrogens with one attached hydrogen (secondary N) is 1. The first-order chi connectivity index (χ1) is 11.8. The van der Waals surface area contributed by atoms with Crippen LogP contribution in [0, 0.1) is 0 Å². The Morgan fingerprint density at radius 3 is 2.92 bits per heavy atom. The van der Waals surface area contributed by atoms with Gasteiger partial charge in [0.15, 0.2) is 0 Å². The minimum absolute atomic E-state index is 0.0379. The lowest BCUT2D eigenvalue weighted by molar-refractivity contribution is -0.126. The van der Waals surface area contributed by atoms with Crippen molar-refractivity contribution in [3.05, 3.63) is 47.5 Å². The van der Waals surface area contributed by atoms with Gasteiger partial charge in [0, 0.05) is 32.0 Å². The molecule has 128 valence electrons. The highest BCUT2D eigenvalue weighted by Crippen LogP contribution is 2.17. The fourth-order valence-corrected chi connectivity index (χ4v) is 3.07. The van der Waals surface area contributed by atoms with Gasteiger partial charge in [0.25, 0.3) is 0 Å². The summed E-state index contributed by atoms with van der Waals surface area (Å²) in [4.78, 5) is 11.8. The van der Waals surface area contributed by atoms with E-state index in [9.17, 15) is 4.79 Å². The number of carbonyl (C=O) groups excluding carboxylic acids is 1. The highest BCUT2D eigenvalue weighted by atomic mass is 16.5. The monoisotopic (exact) mass is 328 g/mol. The number of hydrogen-bond acceptors (Lipinski definition) is 4. The highest BCUT2D eigenvalue weighted by molar-refractivity contribution is 5.77. The first-order valence-corrected chi connectivity index (χ1v) is 8.58. The zero-order chi connectivity index (χ0) is 16.8. The summed E-state index contributed by atoms with van der Waals surface area (Å²) in [5.41, 5.74) is 1.23. The second-order valence-electron chi connectivity index (χ2n) is 6.08. The number of nitrogens with zero attached hydrogens (tertiary/aromatic N) is 3. The van der Waals surface area contributed by atoms with Crippen LogP contribution in [0.2, 0.25) is 0 Å². The standard InChI is InChI=1S/C18H24N4O2/c1-2-24-13-18(23)19-15-8-9-16-20-21-17(22(16)11-10-15)12-14-6-4-3-5-7-14/h3-7,15H,2,8-13H2,1H3,(H,19,23). The largest absolute Gasteiger partial charge is 0.372 e. The molecule has 6 heteroatoms. The van der Waals surface area contributed by atoms with Crippen LogP contribution in [0.15, 0.2) is 30.3 Å². The smallest absolute Gasteiger partial charge is 0.246 e. The molecule has 1 amide bonds. The van der Waals surface area contributed by atoms with Crippen molar-refractivity contribution < 1.29 is 9.53 Å². The van der Waals surface area contributed by atoms with Gasteiger partial charge >= 0.3 is 0 Å². The molecule has 1 aromatic carbocycles. The van der Waals surface area contributed by atoms with Crippen molar-refractivity contribution in [2.45, 2.75) is 45.2 Å². The maximum atomic E-state index is 11.8. The topological polar surface area (TPSA) is 69.0 Å². The number of rotatable bonds is 6. The van der Waals surface area contributed by atoms with Gasteiger partial charge < -0.3 is 14.6 Å². The van der Waals surface area contributed by atoms with Crippen molar-refractivity contribution in [1.29, 1.82) is 0 Å². The molecule has 0 saturated heterocycles. The van der Waals surface area contributed by atoms with Gasteiger partial charge in [-0.25, -0.2) is 0 Å². The van der Waals surface area contributed by atoms with Gasteiger partial charge in [0.1, 0.15) is 18.3 Å². The molecular formula is C18H24N4O2. The average molecular weight is 328 g/mol. The maximum Gasteiger partial charge on any atom is 0.246 e. The third-order valence-electron chi connectivity index (χ3n) is 4.33. The van der Waals surface area contributed by atoms with Gasteiger partial charge in [0.05, 0.1) is 0 Å². The van der Waals surface area contributed by atoms with E-state index in [1.165, 1.54) is 5.56 Å². The van der Waals surface area contributed by atoms with Crippen molar-refractivity contribution in [3.8, 4) is 0 Å². The Morgan fingerprint density at radius 1 is 1.29 bits per heavy atom. The third kappa shape index (κ3) is 4.20. The zero-order valence-electron chi connectivity index (χ0n) is 14.1. The van der Waals surface area contributed by atoms with Gasteiger partial charge in [-0.15, -0.1) is 10.2 Å². The molecule has 0 aliphatic carbocycles. The van der Waals surface area contributed by atoms with E-state index in [-0.39, 0.29) is 18.6 Å². The van der Waals surface area contributed by atoms with Crippen LogP contribution in [0.1, 0.15) is 37.0 Å². The summed E-state index contributed by atoms with van der Waals surface area (Å²) in [6.07, 6.45) is 3.41. The molecule has 1 N–H and O–H groups in total. The normalized spacial score (nSPS) is 17.1. The maximum absolute atomic E-state index is 11.8. The summed E-state index contributed by atoms with van der Waals surface area (Å²) in [6, 6.07) is 10.5. The first kappa shape index (κ1) is 16.6. The minimum atomic E-state index is -0.0379. The van der Waals surface area contributed by atoms with E-state index in [0.717, 1.165) is 43.9 Å². The fourth-order valence-electron chi connectivity index (χ4n) is 3.07. The van der Waals surface area contributed by atoms with E-state index in [4.69, 9.17) is 4.74 Å². The molecule has 2 heterocycles. The Bertz CT molecular complexity index is 669. The zero-order valence-corrected chi connectivity index (χ0v) is 14.1. The number of amides is 1. The van der Waals surface area contributed by atoms with Crippen LogP contribution in [0.5, 0.6) is 0 Å². The molecule has 6 nitrogen and oxygen atoms in total. The molecule has 0 bridgehead atoms. The van der Waals surface area contributed by atoms with Crippen LogP contribution >= 0.6 is 0 Å². The first-order valence-electron chi connectivity index (χ1n) is 8.58. The lowest BCUT2D eigenvalue weighted by Gasteiger charge is -2.16. The number of fused-ring (bicyclic) bond motifs is 1. The van der Waals surface area contributed by atoms with Crippen molar-refractivity contribution in [2.75, 3.05) is 13.2 Å². The summed E-state index contributed by atoms with van der Waals surface area (Å²) in [5.74, 6) is 1.98. The van der Waals surface area contributed by atoms with Gasteiger partial charge in [-0.05, 0) is 25.3 Å². The van der Waals surface area contributed by atoms with Crippen LogP contribution in [0.4, 0.5) is 0 Å². The number of aryl methyl sites for hydroxylation is 1. The summed E-state index contributed by atoms with van der Waals surface area (Å²) in [5, 5.41) is 11.8. The average Bonchev–Trinajstić information content (AvgIpc) is 2.86. The van der Waals surface area contributed by atoms with E-state index in [2.05, 4.69) is 32.2 Å². The molecule has 1 aromatic heterocycles. The molecule has 0 spiro atoms. The fraction of sp³-hybridized carbons (Fsp3) is 0.500. The Hall–Kier alpha value is -2.21. The van der Waals surface area contributed by atoms with Crippen LogP contribution < -0.4 is 5.32 Å². The predicted molar refractivity (Wildman–Crippen MR) is 90.6 cm³/mol. The van der Waals surface area contributed by atoms with E-state index in [0.29, 0.717) is 6.61 Å². The molecule has 0 fully saturated rings. The second kappa shape index (κ2) is 8.06. The summed E-state index contributed by atoms with van der Waals surface area (Å²) in [6.45, 7) is 3.42. The van der Waals surface area contributed by atoms with Crippen LogP contribution in [-0.2, 0) is 28.9 Å². The molecule has 1 unspecified atom stereocenters. The van der Waals surface area contributed by atoms with E-state index in [1.807, 2.05) is 25.1 Å². The number of aromatic nitrogens is 3. The van der Waals surface area contributed by atoms with Gasteiger partial charge in [-0.3, -0.25) is 4.79 Å². The Kier molecular flexibility index (Phi) is 5.59. The number of benzene rings is 1. The van der Waals surface area contributed by atoms with E-state index in [1.54, 1.807) is 0 Å². The Morgan fingerprint density at radius 2 is 2.12 bits per heavy atom. The molecule has 1 aliphatic rings. The van der Waals surface area contributed by atoms with Crippen LogP contribution in [-0.4, -0.2) is 39.9 Å². The Balaban J connectivity index is 1.61. The Labute approximate surface area is 142 Å². The predicted octanol–water partition coefficient (Wildman–Crippen LogP) is 1.73. The summed E-state index contributed by atoms with van der Waals surface area (Å²) >= 11 is 0. The quantitative estimate of drug-likeness (QED) is 0.877. The molecule has 24 heavy (non-hydrogen) atoms. The highest BCUT2D eigenvalue weighted by Gasteiger charge is 2.21. The van der Waals surface area contributed by atoms with Gasteiger partial charge in [0.2, 0.25) is 5.91 Å².